The SMILES string of the molecule is NCC(O)/C=C/c1cnc[nH]1. The summed E-state index contributed by atoms with van der Waals surface area (Å²) in [4.78, 5) is 6.67. The van der Waals surface area contributed by atoms with Crippen LogP contribution >= 0.6 is 0 Å². The van der Waals surface area contributed by atoms with Gasteiger partial charge in [-0.3, -0.25) is 0 Å². The van der Waals surface area contributed by atoms with E-state index in [2.05, 4.69) is 9.97 Å². The number of nitrogens with zero attached hydrogens (tertiary/aromatic N) is 1. The third-order valence-corrected chi connectivity index (χ3v) is 1.26. The number of H-pyrrole nitrogens is 1. The molecule has 1 unspecified atom stereocenters. The number of aliphatic hydroxyl groups excluding tert-OH is 1. The van der Waals surface area contributed by atoms with Gasteiger partial charge in [0.05, 0.1) is 24.3 Å². The Morgan fingerprint density at radius 1 is 1.82 bits per heavy atom. The molecule has 0 amide bonds. The van der Waals surface area contributed by atoms with Crippen molar-refractivity contribution in [3.05, 3.63) is 24.3 Å². The number of nitrogens with one attached hydrogen (secondary N) is 1. The molecule has 4 N–H and O–H groups in total. The number of aromatic amines is 1. The molecular formula is C7H11N3O. The smallest absolute Gasteiger partial charge is 0.0924 e. The highest BCUT2D eigenvalue weighted by Gasteiger charge is 1.92. The van der Waals surface area contributed by atoms with E-state index in [-0.39, 0.29) is 6.54 Å². The van der Waals surface area contributed by atoms with E-state index in [4.69, 9.17) is 10.8 Å². The number of aliphatic hydroxyl groups is 1. The van der Waals surface area contributed by atoms with Crippen molar-refractivity contribution >= 4 is 6.08 Å². The Kier molecular flexibility index (Phi) is 2.83. The maximum absolute atomic E-state index is 9.01. The average molecular weight is 153 g/mol. The molecule has 1 heterocycles. The number of imidazole rings is 1. The lowest BCUT2D eigenvalue weighted by atomic mass is 10.3. The van der Waals surface area contributed by atoms with E-state index in [0.717, 1.165) is 5.69 Å². The van der Waals surface area contributed by atoms with E-state index < -0.39 is 6.10 Å². The second kappa shape index (κ2) is 3.90. The second-order valence-electron chi connectivity index (χ2n) is 2.17. The van der Waals surface area contributed by atoms with Crippen LogP contribution in [0.4, 0.5) is 0 Å². The third kappa shape index (κ3) is 2.53. The molecule has 0 saturated carbocycles. The van der Waals surface area contributed by atoms with Gasteiger partial charge in [-0.2, -0.15) is 0 Å². The van der Waals surface area contributed by atoms with Crippen molar-refractivity contribution in [3.63, 3.8) is 0 Å². The highest BCUT2D eigenvalue weighted by molar-refractivity contribution is 5.43. The Morgan fingerprint density at radius 2 is 2.64 bits per heavy atom. The number of nitrogens with two attached hydrogens (primary N) is 1. The normalized spacial score (nSPS) is 14.0. The topological polar surface area (TPSA) is 74.9 Å². The summed E-state index contributed by atoms with van der Waals surface area (Å²) in [5, 5.41) is 9.01. The molecule has 0 spiro atoms. The van der Waals surface area contributed by atoms with Crippen LogP contribution in [-0.2, 0) is 0 Å². The van der Waals surface area contributed by atoms with Crippen molar-refractivity contribution in [2.24, 2.45) is 5.73 Å². The Morgan fingerprint density at radius 3 is 3.18 bits per heavy atom. The van der Waals surface area contributed by atoms with Crippen LogP contribution in [-0.4, -0.2) is 27.7 Å². The monoisotopic (exact) mass is 153 g/mol. The summed E-state index contributed by atoms with van der Waals surface area (Å²) < 4.78 is 0. The van der Waals surface area contributed by atoms with E-state index in [1.807, 2.05) is 0 Å². The van der Waals surface area contributed by atoms with Gasteiger partial charge in [-0.25, -0.2) is 4.98 Å². The van der Waals surface area contributed by atoms with E-state index in [1.165, 1.54) is 0 Å². The van der Waals surface area contributed by atoms with Crippen LogP contribution in [0.3, 0.4) is 0 Å². The Labute approximate surface area is 64.8 Å². The molecule has 4 heteroatoms. The van der Waals surface area contributed by atoms with Gasteiger partial charge in [0.25, 0.3) is 0 Å². The Hall–Kier alpha value is -1.13. The quantitative estimate of drug-likeness (QED) is 0.560. The number of aromatic nitrogens is 2. The molecule has 0 aliphatic heterocycles. The summed E-state index contributed by atoms with van der Waals surface area (Å²) in [6, 6.07) is 0. The molecule has 0 fully saturated rings. The maximum Gasteiger partial charge on any atom is 0.0924 e. The van der Waals surface area contributed by atoms with Crippen LogP contribution < -0.4 is 5.73 Å². The second-order valence-corrected chi connectivity index (χ2v) is 2.17. The molecule has 1 aromatic heterocycles. The van der Waals surface area contributed by atoms with Gasteiger partial charge in [0.2, 0.25) is 0 Å². The molecule has 0 bridgehead atoms. The fourth-order valence-electron chi connectivity index (χ4n) is 0.651. The zero-order chi connectivity index (χ0) is 8.10. The van der Waals surface area contributed by atoms with Gasteiger partial charge in [0.15, 0.2) is 0 Å². The average Bonchev–Trinajstić information content (AvgIpc) is 2.52. The van der Waals surface area contributed by atoms with E-state index in [1.54, 1.807) is 24.7 Å². The van der Waals surface area contributed by atoms with E-state index >= 15 is 0 Å². The summed E-state index contributed by atoms with van der Waals surface area (Å²) in [6.07, 6.45) is 6.03. The molecular weight excluding hydrogens is 142 g/mol. The largest absolute Gasteiger partial charge is 0.388 e. The molecule has 1 aromatic rings. The van der Waals surface area contributed by atoms with Crippen molar-refractivity contribution in [3.8, 4) is 0 Å². The summed E-state index contributed by atoms with van der Waals surface area (Å²) in [6.45, 7) is 0.241. The standard InChI is InChI=1S/C7H11N3O/c8-3-7(11)2-1-6-4-9-5-10-6/h1-2,4-5,7,11H,3,8H2,(H,9,10)/b2-1+. The summed E-state index contributed by atoms with van der Waals surface area (Å²) in [5.74, 6) is 0. The molecule has 4 nitrogen and oxygen atoms in total. The summed E-state index contributed by atoms with van der Waals surface area (Å²) in [5.41, 5.74) is 6.04. The molecule has 0 aromatic carbocycles. The van der Waals surface area contributed by atoms with Crippen molar-refractivity contribution < 1.29 is 5.11 Å². The first kappa shape index (κ1) is 7.97. The van der Waals surface area contributed by atoms with Crippen LogP contribution in [0.5, 0.6) is 0 Å². The molecule has 11 heavy (non-hydrogen) atoms. The maximum atomic E-state index is 9.01. The van der Waals surface area contributed by atoms with E-state index in [0.29, 0.717) is 0 Å². The molecule has 0 radical (unpaired) electrons. The lowest BCUT2D eigenvalue weighted by Gasteiger charge is -1.97. The fourth-order valence-corrected chi connectivity index (χ4v) is 0.651. The minimum absolute atomic E-state index is 0.241. The molecule has 1 rings (SSSR count). The first-order valence-electron chi connectivity index (χ1n) is 3.37. The molecule has 60 valence electrons. The zero-order valence-electron chi connectivity index (χ0n) is 6.07. The summed E-state index contributed by atoms with van der Waals surface area (Å²) in [7, 11) is 0. The van der Waals surface area contributed by atoms with Crippen molar-refractivity contribution in [1.29, 1.82) is 0 Å². The lowest BCUT2D eigenvalue weighted by molar-refractivity contribution is 0.232. The van der Waals surface area contributed by atoms with Gasteiger partial charge in [-0.1, -0.05) is 6.08 Å². The van der Waals surface area contributed by atoms with Crippen LogP contribution in [0.25, 0.3) is 6.08 Å². The number of hydrogen-bond donors (Lipinski definition) is 3. The lowest BCUT2D eigenvalue weighted by Crippen LogP contribution is -2.16. The molecule has 0 aliphatic rings. The van der Waals surface area contributed by atoms with Crippen LogP contribution in [0, 0.1) is 0 Å². The molecule has 0 saturated heterocycles. The minimum Gasteiger partial charge on any atom is -0.388 e. The predicted octanol–water partition coefficient (Wildman–Crippen LogP) is -0.258. The predicted molar refractivity (Wildman–Crippen MR) is 42.7 cm³/mol. The van der Waals surface area contributed by atoms with Crippen LogP contribution in [0.1, 0.15) is 5.69 Å². The van der Waals surface area contributed by atoms with Crippen molar-refractivity contribution in [2.75, 3.05) is 6.54 Å². The van der Waals surface area contributed by atoms with Crippen LogP contribution in [0.15, 0.2) is 18.6 Å². The van der Waals surface area contributed by atoms with Gasteiger partial charge in [-0.15, -0.1) is 0 Å². The van der Waals surface area contributed by atoms with Gasteiger partial charge in [0, 0.05) is 6.54 Å². The molecule has 1 atom stereocenters. The minimum atomic E-state index is -0.571. The Balaban J connectivity index is 2.48. The first-order chi connectivity index (χ1) is 5.33. The van der Waals surface area contributed by atoms with Gasteiger partial charge < -0.3 is 15.8 Å². The highest BCUT2D eigenvalue weighted by atomic mass is 16.3. The Bertz CT molecular complexity index is 218. The first-order valence-corrected chi connectivity index (χ1v) is 3.37. The van der Waals surface area contributed by atoms with E-state index in [9.17, 15) is 0 Å². The summed E-state index contributed by atoms with van der Waals surface area (Å²) >= 11 is 0. The third-order valence-electron chi connectivity index (χ3n) is 1.26. The van der Waals surface area contributed by atoms with Gasteiger partial charge >= 0.3 is 0 Å². The fraction of sp³-hybridized carbons (Fsp3) is 0.286. The van der Waals surface area contributed by atoms with Crippen molar-refractivity contribution in [1.82, 2.24) is 9.97 Å². The van der Waals surface area contributed by atoms with Gasteiger partial charge in [0.1, 0.15) is 0 Å². The zero-order valence-corrected chi connectivity index (χ0v) is 6.07. The number of rotatable bonds is 3. The number of hydrogen-bond acceptors (Lipinski definition) is 3. The van der Waals surface area contributed by atoms with Crippen molar-refractivity contribution in [2.45, 2.75) is 6.10 Å². The molecule has 0 aliphatic carbocycles. The van der Waals surface area contributed by atoms with Crippen LogP contribution in [0.2, 0.25) is 0 Å². The highest BCUT2D eigenvalue weighted by Crippen LogP contribution is 1.95. The van der Waals surface area contributed by atoms with Gasteiger partial charge in [-0.05, 0) is 6.08 Å².